The molecule has 23 heavy (non-hydrogen) atoms. The molecule has 0 aromatic heterocycles. The van der Waals surface area contributed by atoms with E-state index in [1.807, 2.05) is 23.4 Å². The maximum absolute atomic E-state index is 5.79. The second-order valence-electron chi connectivity index (χ2n) is 6.00. The summed E-state index contributed by atoms with van der Waals surface area (Å²) in [6, 6.07) is 8.16. The number of benzene rings is 1. The highest BCUT2D eigenvalue weighted by Gasteiger charge is 2.06. The van der Waals surface area contributed by atoms with Gasteiger partial charge in [0, 0.05) is 0 Å². The summed E-state index contributed by atoms with van der Waals surface area (Å²) in [4.78, 5) is 0. The molecule has 1 fully saturated rings. The summed E-state index contributed by atoms with van der Waals surface area (Å²) in [6.07, 6.45) is 9.66. The molecule has 4 heteroatoms. The van der Waals surface area contributed by atoms with Crippen molar-refractivity contribution in [3.63, 3.8) is 0 Å². The van der Waals surface area contributed by atoms with Crippen molar-refractivity contribution in [2.75, 3.05) is 32.9 Å². The van der Waals surface area contributed by atoms with E-state index in [2.05, 4.69) is 24.2 Å². The van der Waals surface area contributed by atoms with Gasteiger partial charge in [-0.1, -0.05) is 39.0 Å². The number of unbranched alkanes of at least 4 members (excludes halogenated alkanes) is 5. The van der Waals surface area contributed by atoms with Crippen molar-refractivity contribution in [2.24, 2.45) is 5.10 Å². The second kappa shape index (κ2) is 11.1. The standard InChI is InChI=1S/C19H30N2O2/c1-2-3-4-5-6-7-14-23-19-10-8-18(9-11-19)17-20-21-12-15-22-16-13-21/h8-11,17H,2-7,12-16H2,1H3. The van der Waals surface area contributed by atoms with E-state index in [1.165, 1.54) is 32.1 Å². The monoisotopic (exact) mass is 318 g/mol. The summed E-state index contributed by atoms with van der Waals surface area (Å²) in [5.41, 5.74) is 1.10. The van der Waals surface area contributed by atoms with Gasteiger partial charge in [0.1, 0.15) is 5.75 Å². The molecule has 0 N–H and O–H groups in total. The number of ether oxygens (including phenoxy) is 2. The van der Waals surface area contributed by atoms with Gasteiger partial charge in [0.05, 0.1) is 39.1 Å². The molecule has 2 rings (SSSR count). The lowest BCUT2D eigenvalue weighted by molar-refractivity contribution is 0.0397. The fraction of sp³-hybridized carbons (Fsp3) is 0.632. The zero-order valence-corrected chi connectivity index (χ0v) is 14.4. The number of hydrogen-bond acceptors (Lipinski definition) is 4. The lowest BCUT2D eigenvalue weighted by atomic mass is 10.1. The maximum atomic E-state index is 5.79. The highest BCUT2D eigenvalue weighted by atomic mass is 16.5. The van der Waals surface area contributed by atoms with Gasteiger partial charge in [-0.05, 0) is 36.2 Å². The van der Waals surface area contributed by atoms with Crippen LogP contribution in [-0.4, -0.2) is 44.1 Å². The predicted octanol–water partition coefficient (Wildman–Crippen LogP) is 4.09. The molecule has 0 atom stereocenters. The van der Waals surface area contributed by atoms with E-state index in [4.69, 9.17) is 9.47 Å². The van der Waals surface area contributed by atoms with Gasteiger partial charge in [-0.3, -0.25) is 5.01 Å². The molecule has 4 nitrogen and oxygen atoms in total. The largest absolute Gasteiger partial charge is 0.494 e. The number of nitrogens with zero attached hydrogens (tertiary/aromatic N) is 2. The Balaban J connectivity index is 1.63. The second-order valence-corrected chi connectivity index (χ2v) is 6.00. The Bertz CT molecular complexity index is 439. The third kappa shape index (κ3) is 7.51. The molecular formula is C19H30N2O2. The first-order valence-corrected chi connectivity index (χ1v) is 8.98. The van der Waals surface area contributed by atoms with Gasteiger partial charge in [-0.2, -0.15) is 5.10 Å². The Morgan fingerprint density at radius 1 is 1.04 bits per heavy atom. The Labute approximate surface area is 140 Å². The van der Waals surface area contributed by atoms with Crippen LogP contribution < -0.4 is 4.74 Å². The Hall–Kier alpha value is -1.55. The molecule has 1 aliphatic rings. The zero-order valence-electron chi connectivity index (χ0n) is 14.4. The summed E-state index contributed by atoms with van der Waals surface area (Å²) in [7, 11) is 0. The average molecular weight is 318 g/mol. The maximum Gasteiger partial charge on any atom is 0.119 e. The van der Waals surface area contributed by atoms with Gasteiger partial charge in [0.2, 0.25) is 0 Å². The van der Waals surface area contributed by atoms with Gasteiger partial charge >= 0.3 is 0 Å². The lowest BCUT2D eigenvalue weighted by Crippen LogP contribution is -2.32. The van der Waals surface area contributed by atoms with Crippen molar-refractivity contribution in [3.05, 3.63) is 29.8 Å². The van der Waals surface area contributed by atoms with Crippen molar-refractivity contribution >= 4 is 6.21 Å². The van der Waals surface area contributed by atoms with E-state index in [-0.39, 0.29) is 0 Å². The molecule has 128 valence electrons. The third-order valence-corrected chi connectivity index (χ3v) is 4.00. The molecule has 0 bridgehead atoms. The smallest absolute Gasteiger partial charge is 0.119 e. The van der Waals surface area contributed by atoms with E-state index in [9.17, 15) is 0 Å². The van der Waals surface area contributed by atoms with Crippen LogP contribution in [0.4, 0.5) is 0 Å². The van der Waals surface area contributed by atoms with Gasteiger partial charge < -0.3 is 9.47 Å². The quantitative estimate of drug-likeness (QED) is 0.481. The fourth-order valence-electron chi connectivity index (χ4n) is 2.54. The van der Waals surface area contributed by atoms with E-state index in [0.717, 1.165) is 50.6 Å². The highest BCUT2D eigenvalue weighted by molar-refractivity contribution is 5.79. The SMILES string of the molecule is CCCCCCCCOc1ccc(C=NN2CCOCC2)cc1. The topological polar surface area (TPSA) is 34.1 Å². The van der Waals surface area contributed by atoms with Crippen LogP contribution in [0.1, 0.15) is 51.0 Å². The van der Waals surface area contributed by atoms with Gasteiger partial charge in [0.15, 0.2) is 0 Å². The predicted molar refractivity (Wildman–Crippen MR) is 95.3 cm³/mol. The molecular weight excluding hydrogens is 288 g/mol. The Kier molecular flexibility index (Phi) is 8.56. The van der Waals surface area contributed by atoms with Crippen LogP contribution in [0.2, 0.25) is 0 Å². The molecule has 1 heterocycles. The van der Waals surface area contributed by atoms with Crippen molar-refractivity contribution in [2.45, 2.75) is 45.4 Å². The van der Waals surface area contributed by atoms with Crippen LogP contribution in [0.3, 0.4) is 0 Å². The molecule has 0 unspecified atom stereocenters. The zero-order chi connectivity index (χ0) is 16.2. The van der Waals surface area contributed by atoms with Gasteiger partial charge in [0.25, 0.3) is 0 Å². The minimum absolute atomic E-state index is 0.766. The van der Waals surface area contributed by atoms with Crippen LogP contribution in [0.25, 0.3) is 0 Å². The fourth-order valence-corrected chi connectivity index (χ4v) is 2.54. The minimum atomic E-state index is 0.766. The van der Waals surface area contributed by atoms with Crippen molar-refractivity contribution in [1.29, 1.82) is 0 Å². The Morgan fingerprint density at radius 2 is 1.74 bits per heavy atom. The molecule has 1 saturated heterocycles. The van der Waals surface area contributed by atoms with Crippen molar-refractivity contribution in [3.8, 4) is 5.75 Å². The number of morpholine rings is 1. The number of rotatable bonds is 10. The molecule has 0 aliphatic carbocycles. The van der Waals surface area contributed by atoms with Gasteiger partial charge in [-0.15, -0.1) is 0 Å². The van der Waals surface area contributed by atoms with Crippen LogP contribution in [0.5, 0.6) is 5.75 Å². The van der Waals surface area contributed by atoms with Crippen LogP contribution in [0, 0.1) is 0 Å². The van der Waals surface area contributed by atoms with Crippen molar-refractivity contribution in [1.82, 2.24) is 5.01 Å². The van der Waals surface area contributed by atoms with Crippen LogP contribution >= 0.6 is 0 Å². The van der Waals surface area contributed by atoms with Gasteiger partial charge in [-0.25, -0.2) is 0 Å². The van der Waals surface area contributed by atoms with Crippen LogP contribution in [-0.2, 0) is 4.74 Å². The number of hydrogen-bond donors (Lipinski definition) is 0. The summed E-state index contributed by atoms with van der Waals surface area (Å²) in [5, 5.41) is 6.53. The summed E-state index contributed by atoms with van der Waals surface area (Å²) in [6.45, 7) is 6.34. The minimum Gasteiger partial charge on any atom is -0.494 e. The van der Waals surface area contributed by atoms with E-state index in [1.54, 1.807) is 0 Å². The number of hydrazone groups is 1. The Morgan fingerprint density at radius 3 is 2.48 bits per heavy atom. The third-order valence-electron chi connectivity index (χ3n) is 4.00. The summed E-state index contributed by atoms with van der Waals surface area (Å²) >= 11 is 0. The lowest BCUT2D eigenvalue weighted by Gasteiger charge is -2.23. The first-order valence-electron chi connectivity index (χ1n) is 8.98. The molecule has 0 radical (unpaired) electrons. The summed E-state index contributed by atoms with van der Waals surface area (Å²) in [5.74, 6) is 0.946. The van der Waals surface area contributed by atoms with E-state index < -0.39 is 0 Å². The molecule has 0 amide bonds. The normalized spacial score (nSPS) is 15.3. The highest BCUT2D eigenvalue weighted by Crippen LogP contribution is 2.13. The average Bonchev–Trinajstić information content (AvgIpc) is 2.61. The van der Waals surface area contributed by atoms with E-state index >= 15 is 0 Å². The molecule has 1 aliphatic heterocycles. The molecule has 0 saturated carbocycles. The summed E-state index contributed by atoms with van der Waals surface area (Å²) < 4.78 is 11.1. The molecule has 1 aromatic carbocycles. The van der Waals surface area contributed by atoms with E-state index in [0.29, 0.717) is 0 Å². The van der Waals surface area contributed by atoms with Crippen molar-refractivity contribution < 1.29 is 9.47 Å². The first-order chi connectivity index (χ1) is 11.4. The molecule has 0 spiro atoms. The molecule has 1 aromatic rings. The first kappa shape index (κ1) is 17.8. The van der Waals surface area contributed by atoms with Crippen LogP contribution in [0.15, 0.2) is 29.4 Å².